The van der Waals surface area contributed by atoms with Gasteiger partial charge in [-0.15, -0.1) is 0 Å². The van der Waals surface area contributed by atoms with Crippen molar-refractivity contribution in [1.29, 1.82) is 0 Å². The van der Waals surface area contributed by atoms with E-state index in [2.05, 4.69) is 4.90 Å². The Morgan fingerprint density at radius 1 is 1.33 bits per heavy atom. The third-order valence-corrected chi connectivity index (χ3v) is 3.36. The van der Waals surface area contributed by atoms with E-state index in [1.807, 2.05) is 30.3 Å². The van der Waals surface area contributed by atoms with E-state index in [4.69, 9.17) is 5.11 Å². The van der Waals surface area contributed by atoms with Crippen molar-refractivity contribution in [2.24, 2.45) is 0 Å². The first-order chi connectivity index (χ1) is 8.57. The van der Waals surface area contributed by atoms with Gasteiger partial charge in [0.25, 0.3) is 0 Å². The van der Waals surface area contributed by atoms with Gasteiger partial charge in [0.05, 0.1) is 12.0 Å². The zero-order chi connectivity index (χ0) is 13.0. The molecule has 1 fully saturated rings. The van der Waals surface area contributed by atoms with E-state index in [9.17, 15) is 9.90 Å². The Morgan fingerprint density at radius 2 is 2.06 bits per heavy atom. The van der Waals surface area contributed by atoms with Crippen molar-refractivity contribution < 1.29 is 15.0 Å². The zero-order valence-corrected chi connectivity index (χ0v) is 10.4. The summed E-state index contributed by atoms with van der Waals surface area (Å²) >= 11 is 0. The van der Waals surface area contributed by atoms with Gasteiger partial charge in [0, 0.05) is 13.1 Å². The molecule has 1 heterocycles. The van der Waals surface area contributed by atoms with Crippen molar-refractivity contribution in [1.82, 2.24) is 4.90 Å². The smallest absolute Gasteiger partial charge is 0.306 e. The predicted molar refractivity (Wildman–Crippen MR) is 68.2 cm³/mol. The molecule has 4 nitrogen and oxygen atoms in total. The molecule has 0 spiro atoms. The molecule has 18 heavy (non-hydrogen) atoms. The molecule has 0 amide bonds. The molecule has 4 heteroatoms. The Labute approximate surface area is 107 Å². The van der Waals surface area contributed by atoms with Crippen LogP contribution in [0, 0.1) is 0 Å². The van der Waals surface area contributed by atoms with E-state index in [-0.39, 0.29) is 6.42 Å². The van der Waals surface area contributed by atoms with Gasteiger partial charge in [0.15, 0.2) is 0 Å². The summed E-state index contributed by atoms with van der Waals surface area (Å²) in [6.07, 6.45) is 1.25. The highest BCUT2D eigenvalue weighted by molar-refractivity contribution is 5.68. The number of aliphatic carboxylic acids is 1. The van der Waals surface area contributed by atoms with Crippen LogP contribution in [0.4, 0.5) is 0 Å². The predicted octanol–water partition coefficient (Wildman–Crippen LogP) is 1.49. The number of β-amino-alcohol motifs (C(OH)–C–C–N with tert-alkyl or cyclic N) is 1. The standard InChI is InChI=1S/C14H19NO3/c16-13(17)9-14(18)7-4-8-15(11-14)10-12-5-2-1-3-6-12/h1-3,5-6,18H,4,7-11H2,(H,16,17). The summed E-state index contributed by atoms with van der Waals surface area (Å²) in [5.41, 5.74) is 0.121. The van der Waals surface area contributed by atoms with Crippen molar-refractivity contribution in [3.8, 4) is 0 Å². The first-order valence-corrected chi connectivity index (χ1v) is 6.28. The fourth-order valence-electron chi connectivity index (χ4n) is 2.61. The van der Waals surface area contributed by atoms with Crippen LogP contribution in [0.25, 0.3) is 0 Å². The molecule has 2 rings (SSSR count). The van der Waals surface area contributed by atoms with Crippen molar-refractivity contribution >= 4 is 5.97 Å². The highest BCUT2D eigenvalue weighted by atomic mass is 16.4. The van der Waals surface area contributed by atoms with Gasteiger partial charge in [-0.25, -0.2) is 0 Å². The maximum Gasteiger partial charge on any atom is 0.306 e. The van der Waals surface area contributed by atoms with Crippen LogP contribution >= 0.6 is 0 Å². The van der Waals surface area contributed by atoms with Crippen molar-refractivity contribution in [3.63, 3.8) is 0 Å². The summed E-state index contributed by atoms with van der Waals surface area (Å²) in [5, 5.41) is 19.1. The number of aliphatic hydroxyl groups is 1. The molecular formula is C14H19NO3. The molecular weight excluding hydrogens is 230 g/mol. The second-order valence-corrected chi connectivity index (χ2v) is 5.09. The molecule has 0 saturated carbocycles. The summed E-state index contributed by atoms with van der Waals surface area (Å²) in [6, 6.07) is 10.0. The fourth-order valence-corrected chi connectivity index (χ4v) is 2.61. The molecule has 1 atom stereocenters. The van der Waals surface area contributed by atoms with Gasteiger partial charge < -0.3 is 10.2 Å². The number of likely N-dealkylation sites (tertiary alicyclic amines) is 1. The molecule has 0 aliphatic carbocycles. The molecule has 1 aromatic rings. The van der Waals surface area contributed by atoms with E-state index in [1.165, 1.54) is 5.56 Å². The lowest BCUT2D eigenvalue weighted by molar-refractivity contribution is -0.145. The van der Waals surface area contributed by atoms with Crippen LogP contribution in [0.2, 0.25) is 0 Å². The third-order valence-electron chi connectivity index (χ3n) is 3.36. The van der Waals surface area contributed by atoms with Crippen LogP contribution in [0.3, 0.4) is 0 Å². The van der Waals surface area contributed by atoms with Gasteiger partial charge in [-0.1, -0.05) is 30.3 Å². The first-order valence-electron chi connectivity index (χ1n) is 6.28. The van der Waals surface area contributed by atoms with Gasteiger partial charge in [0.2, 0.25) is 0 Å². The molecule has 98 valence electrons. The van der Waals surface area contributed by atoms with E-state index in [0.717, 1.165) is 19.5 Å². The minimum atomic E-state index is -1.07. The highest BCUT2D eigenvalue weighted by Gasteiger charge is 2.35. The van der Waals surface area contributed by atoms with Crippen LogP contribution in [0.5, 0.6) is 0 Å². The monoisotopic (exact) mass is 249 g/mol. The van der Waals surface area contributed by atoms with Crippen LogP contribution < -0.4 is 0 Å². The summed E-state index contributed by atoms with van der Waals surface area (Å²) in [5.74, 6) is -0.931. The minimum absolute atomic E-state index is 0.168. The van der Waals surface area contributed by atoms with Gasteiger partial charge in [-0.05, 0) is 24.9 Å². The molecule has 1 aromatic carbocycles. The number of hydrogen-bond acceptors (Lipinski definition) is 3. The fraction of sp³-hybridized carbons (Fsp3) is 0.500. The summed E-state index contributed by atoms with van der Waals surface area (Å²) in [4.78, 5) is 12.9. The quantitative estimate of drug-likeness (QED) is 0.848. The van der Waals surface area contributed by atoms with Gasteiger partial charge in [0.1, 0.15) is 0 Å². The van der Waals surface area contributed by atoms with E-state index in [1.54, 1.807) is 0 Å². The zero-order valence-electron chi connectivity index (χ0n) is 10.4. The van der Waals surface area contributed by atoms with Crippen LogP contribution in [-0.4, -0.2) is 39.8 Å². The Bertz CT molecular complexity index is 407. The Hall–Kier alpha value is -1.39. The largest absolute Gasteiger partial charge is 0.481 e. The maximum atomic E-state index is 10.8. The SMILES string of the molecule is O=C(O)CC1(O)CCCN(Cc2ccccc2)C1. The minimum Gasteiger partial charge on any atom is -0.481 e. The summed E-state index contributed by atoms with van der Waals surface area (Å²) < 4.78 is 0. The highest BCUT2D eigenvalue weighted by Crippen LogP contribution is 2.25. The topological polar surface area (TPSA) is 60.8 Å². The number of piperidine rings is 1. The number of hydrogen-bond donors (Lipinski definition) is 2. The lowest BCUT2D eigenvalue weighted by Crippen LogP contribution is -2.48. The first kappa shape index (κ1) is 13.1. The average Bonchev–Trinajstić information content (AvgIpc) is 2.28. The van der Waals surface area contributed by atoms with Gasteiger partial charge in [-0.3, -0.25) is 9.69 Å². The van der Waals surface area contributed by atoms with Gasteiger partial charge in [-0.2, -0.15) is 0 Å². The normalized spacial score (nSPS) is 24.9. The number of carboxylic acids is 1. The van der Waals surface area contributed by atoms with E-state index in [0.29, 0.717) is 13.0 Å². The van der Waals surface area contributed by atoms with Crippen molar-refractivity contribution in [2.45, 2.75) is 31.4 Å². The lowest BCUT2D eigenvalue weighted by Gasteiger charge is -2.38. The second kappa shape index (κ2) is 5.50. The van der Waals surface area contributed by atoms with Gasteiger partial charge >= 0.3 is 5.97 Å². The number of rotatable bonds is 4. The van der Waals surface area contributed by atoms with E-state index >= 15 is 0 Å². The number of carboxylic acid groups (broad SMARTS) is 1. The second-order valence-electron chi connectivity index (χ2n) is 5.09. The molecule has 1 unspecified atom stereocenters. The summed E-state index contributed by atoms with van der Waals surface area (Å²) in [6.45, 7) is 2.12. The molecule has 1 aliphatic heterocycles. The van der Waals surface area contributed by atoms with Crippen LogP contribution in [0.1, 0.15) is 24.8 Å². The van der Waals surface area contributed by atoms with Crippen LogP contribution in [0.15, 0.2) is 30.3 Å². The van der Waals surface area contributed by atoms with Crippen LogP contribution in [-0.2, 0) is 11.3 Å². The Morgan fingerprint density at radius 3 is 2.72 bits per heavy atom. The van der Waals surface area contributed by atoms with E-state index < -0.39 is 11.6 Å². The number of nitrogens with zero attached hydrogens (tertiary/aromatic N) is 1. The van der Waals surface area contributed by atoms with Crippen molar-refractivity contribution in [3.05, 3.63) is 35.9 Å². The lowest BCUT2D eigenvalue weighted by atomic mass is 9.89. The number of carbonyl (C=O) groups is 1. The molecule has 2 N–H and O–H groups in total. The average molecular weight is 249 g/mol. The number of benzene rings is 1. The summed E-state index contributed by atoms with van der Waals surface area (Å²) in [7, 11) is 0. The molecule has 1 saturated heterocycles. The molecule has 0 aromatic heterocycles. The van der Waals surface area contributed by atoms with Crippen molar-refractivity contribution in [2.75, 3.05) is 13.1 Å². The Balaban J connectivity index is 1.96. The third kappa shape index (κ3) is 3.55. The molecule has 0 radical (unpaired) electrons. The maximum absolute atomic E-state index is 10.8. The Kier molecular flexibility index (Phi) is 3.99. The molecule has 1 aliphatic rings. The molecule has 0 bridgehead atoms.